The molecule has 0 aliphatic carbocycles. The number of benzene rings is 2. The first-order valence-corrected chi connectivity index (χ1v) is 9.41. The Labute approximate surface area is 167 Å². The largest absolute Gasteiger partial charge is 0.484 e. The molecule has 27 heavy (non-hydrogen) atoms. The number of carbonyl (C=O) groups is 2. The monoisotopic (exact) mass is 434 g/mol. The van der Waals surface area contributed by atoms with Crippen LogP contribution in [0.4, 0.5) is 0 Å². The van der Waals surface area contributed by atoms with Gasteiger partial charge in [0.1, 0.15) is 11.5 Å². The Morgan fingerprint density at radius 3 is 2.37 bits per heavy atom. The molecule has 2 aromatic rings. The van der Waals surface area contributed by atoms with Crippen molar-refractivity contribution in [2.45, 2.75) is 33.3 Å². The highest BCUT2D eigenvalue weighted by Crippen LogP contribution is 2.21. The average molecular weight is 435 g/mol. The van der Waals surface area contributed by atoms with Crippen molar-refractivity contribution in [3.05, 3.63) is 58.1 Å². The molecule has 144 valence electrons. The van der Waals surface area contributed by atoms with Gasteiger partial charge in [0.2, 0.25) is 0 Å². The van der Waals surface area contributed by atoms with Crippen LogP contribution >= 0.6 is 15.9 Å². The van der Waals surface area contributed by atoms with Crippen LogP contribution in [0.1, 0.15) is 25.0 Å². The Morgan fingerprint density at radius 2 is 1.74 bits per heavy atom. The van der Waals surface area contributed by atoms with Crippen molar-refractivity contribution in [1.29, 1.82) is 0 Å². The fraction of sp³-hybridized carbons (Fsp3) is 0.300. The Hall–Kier alpha value is -2.54. The van der Waals surface area contributed by atoms with Crippen LogP contribution in [0.2, 0.25) is 0 Å². The molecule has 0 saturated carbocycles. The second kappa shape index (κ2) is 9.97. The molecule has 2 amide bonds. The summed E-state index contributed by atoms with van der Waals surface area (Å²) in [6.45, 7) is 5.38. The lowest BCUT2D eigenvalue weighted by Gasteiger charge is -2.15. The number of rotatable bonds is 7. The lowest BCUT2D eigenvalue weighted by Crippen LogP contribution is -2.48. The van der Waals surface area contributed by atoms with Gasteiger partial charge in [-0.3, -0.25) is 20.4 Å². The van der Waals surface area contributed by atoms with Gasteiger partial charge in [0.25, 0.3) is 11.8 Å². The van der Waals surface area contributed by atoms with Crippen LogP contribution in [0, 0.1) is 6.92 Å². The van der Waals surface area contributed by atoms with Crippen molar-refractivity contribution >= 4 is 27.7 Å². The zero-order valence-corrected chi connectivity index (χ0v) is 17.1. The zero-order chi connectivity index (χ0) is 19.8. The molecule has 1 unspecified atom stereocenters. The molecule has 0 fully saturated rings. The maximum Gasteiger partial charge on any atom is 0.279 e. The minimum absolute atomic E-state index is 0.213. The second-order valence-electron chi connectivity index (χ2n) is 5.99. The highest BCUT2D eigenvalue weighted by molar-refractivity contribution is 9.10. The Kier molecular flexibility index (Phi) is 7.67. The van der Waals surface area contributed by atoms with Gasteiger partial charge in [-0.15, -0.1) is 0 Å². The van der Waals surface area contributed by atoms with Gasteiger partial charge >= 0.3 is 0 Å². The normalized spacial score (nSPS) is 11.4. The maximum atomic E-state index is 12.0. The first kappa shape index (κ1) is 20.8. The number of halogens is 1. The van der Waals surface area contributed by atoms with E-state index in [4.69, 9.17) is 9.47 Å². The van der Waals surface area contributed by atoms with Crippen LogP contribution < -0.4 is 20.3 Å². The molecule has 0 aliphatic heterocycles. The minimum Gasteiger partial charge on any atom is -0.484 e. The fourth-order valence-electron chi connectivity index (χ4n) is 2.19. The van der Waals surface area contributed by atoms with Crippen molar-refractivity contribution < 1.29 is 19.1 Å². The van der Waals surface area contributed by atoms with Crippen molar-refractivity contribution in [2.75, 3.05) is 6.61 Å². The number of ether oxygens (including phenoxy) is 2. The molecule has 0 heterocycles. The Balaban J connectivity index is 1.74. The van der Waals surface area contributed by atoms with E-state index in [1.54, 1.807) is 13.0 Å². The topological polar surface area (TPSA) is 76.7 Å². The Morgan fingerprint density at radius 1 is 1.07 bits per heavy atom. The third kappa shape index (κ3) is 6.60. The van der Waals surface area contributed by atoms with E-state index in [0.29, 0.717) is 11.5 Å². The van der Waals surface area contributed by atoms with Gasteiger partial charge in [-0.05, 0) is 61.7 Å². The van der Waals surface area contributed by atoms with Gasteiger partial charge < -0.3 is 9.47 Å². The van der Waals surface area contributed by atoms with Crippen LogP contribution in [0.15, 0.2) is 46.9 Å². The minimum atomic E-state index is -0.757. The highest BCUT2D eigenvalue weighted by Gasteiger charge is 2.15. The van der Waals surface area contributed by atoms with Crippen LogP contribution in [-0.2, 0) is 16.0 Å². The van der Waals surface area contributed by atoms with E-state index in [2.05, 4.69) is 33.7 Å². The highest BCUT2D eigenvalue weighted by atomic mass is 79.9. The van der Waals surface area contributed by atoms with E-state index >= 15 is 0 Å². The fourth-order valence-corrected chi connectivity index (χ4v) is 2.43. The molecule has 0 spiro atoms. The van der Waals surface area contributed by atoms with Crippen molar-refractivity contribution in [3.8, 4) is 11.5 Å². The van der Waals surface area contributed by atoms with Gasteiger partial charge in [0.15, 0.2) is 12.7 Å². The molecule has 6 nitrogen and oxygen atoms in total. The number of hydrogen-bond donors (Lipinski definition) is 2. The third-order valence-electron chi connectivity index (χ3n) is 3.84. The van der Waals surface area contributed by atoms with E-state index in [1.807, 2.05) is 43.3 Å². The van der Waals surface area contributed by atoms with Crippen LogP contribution in [0.5, 0.6) is 11.5 Å². The molecular formula is C20H23BrN2O4. The van der Waals surface area contributed by atoms with Crippen molar-refractivity contribution in [3.63, 3.8) is 0 Å². The summed E-state index contributed by atoms with van der Waals surface area (Å²) >= 11 is 3.40. The molecule has 2 N–H and O–H groups in total. The third-order valence-corrected chi connectivity index (χ3v) is 4.73. The van der Waals surface area contributed by atoms with Gasteiger partial charge in [-0.2, -0.15) is 0 Å². The first-order chi connectivity index (χ1) is 12.9. The molecule has 2 aromatic carbocycles. The van der Waals surface area contributed by atoms with Gasteiger partial charge in [0.05, 0.1) is 0 Å². The number of amides is 2. The Bertz CT molecular complexity index is 793. The van der Waals surface area contributed by atoms with Gasteiger partial charge in [-0.25, -0.2) is 0 Å². The molecule has 0 radical (unpaired) electrons. The summed E-state index contributed by atoms with van der Waals surface area (Å²) in [4.78, 5) is 23.9. The summed E-state index contributed by atoms with van der Waals surface area (Å²) in [5.41, 5.74) is 6.83. The molecule has 7 heteroatoms. The van der Waals surface area contributed by atoms with Gasteiger partial charge in [0, 0.05) is 4.47 Å². The number of aryl methyl sites for hydroxylation is 2. The van der Waals surface area contributed by atoms with Crippen LogP contribution in [0.3, 0.4) is 0 Å². The molecule has 0 bridgehead atoms. The molecule has 2 rings (SSSR count). The maximum absolute atomic E-state index is 12.0. The molecule has 0 aliphatic rings. The predicted octanol–water partition coefficient (Wildman–Crippen LogP) is 3.31. The summed E-state index contributed by atoms with van der Waals surface area (Å²) in [6.07, 6.45) is 0.178. The lowest BCUT2D eigenvalue weighted by atomic mass is 10.2. The molecule has 0 saturated heterocycles. The number of hydrazine groups is 1. The number of hydrogen-bond acceptors (Lipinski definition) is 4. The van der Waals surface area contributed by atoms with Crippen molar-refractivity contribution in [1.82, 2.24) is 10.9 Å². The quantitative estimate of drug-likeness (QED) is 0.655. The number of carbonyl (C=O) groups excluding carboxylic acids is 2. The standard InChI is InChI=1S/C20H23BrN2O4/c1-4-15-5-7-16(8-6-15)27-14(3)20(25)23-22-19(24)12-26-17-9-10-18(21)13(2)11-17/h5-11,14H,4,12H2,1-3H3,(H,22,24)(H,23,25). The summed E-state index contributed by atoms with van der Waals surface area (Å²) < 4.78 is 11.9. The first-order valence-electron chi connectivity index (χ1n) is 8.62. The molecule has 1 atom stereocenters. The van der Waals surface area contributed by atoms with E-state index in [-0.39, 0.29) is 6.61 Å². The molecule has 0 aromatic heterocycles. The average Bonchev–Trinajstić information content (AvgIpc) is 2.67. The number of nitrogens with one attached hydrogen (secondary N) is 2. The van der Waals surface area contributed by atoms with Crippen LogP contribution in [0.25, 0.3) is 0 Å². The molecular weight excluding hydrogens is 412 g/mol. The second-order valence-corrected chi connectivity index (χ2v) is 6.85. The summed E-state index contributed by atoms with van der Waals surface area (Å²) in [6, 6.07) is 12.9. The van der Waals surface area contributed by atoms with E-state index in [1.165, 1.54) is 5.56 Å². The van der Waals surface area contributed by atoms with E-state index in [9.17, 15) is 9.59 Å². The zero-order valence-electron chi connectivity index (χ0n) is 15.5. The smallest absolute Gasteiger partial charge is 0.279 e. The predicted molar refractivity (Wildman–Crippen MR) is 107 cm³/mol. The SMILES string of the molecule is CCc1ccc(OC(C)C(=O)NNC(=O)COc2ccc(Br)c(C)c2)cc1. The summed E-state index contributed by atoms with van der Waals surface area (Å²) in [5, 5.41) is 0. The summed E-state index contributed by atoms with van der Waals surface area (Å²) in [7, 11) is 0. The summed E-state index contributed by atoms with van der Waals surface area (Å²) in [5.74, 6) is 0.241. The lowest BCUT2D eigenvalue weighted by molar-refractivity contribution is -0.133. The van der Waals surface area contributed by atoms with E-state index < -0.39 is 17.9 Å². The van der Waals surface area contributed by atoms with Crippen LogP contribution in [-0.4, -0.2) is 24.5 Å². The van der Waals surface area contributed by atoms with E-state index in [0.717, 1.165) is 16.5 Å². The van der Waals surface area contributed by atoms with Gasteiger partial charge in [-0.1, -0.05) is 35.0 Å². The van der Waals surface area contributed by atoms with Crippen molar-refractivity contribution in [2.24, 2.45) is 0 Å².